The van der Waals surface area contributed by atoms with Crippen molar-refractivity contribution in [3.8, 4) is 5.75 Å². The van der Waals surface area contributed by atoms with Gasteiger partial charge in [0.15, 0.2) is 0 Å². The van der Waals surface area contributed by atoms with Crippen LogP contribution in [0.25, 0.3) is 0 Å². The van der Waals surface area contributed by atoms with Crippen molar-refractivity contribution < 1.29 is 14.4 Å². The zero-order valence-electron chi connectivity index (χ0n) is 14.8. The third-order valence-electron chi connectivity index (χ3n) is 3.92. The van der Waals surface area contributed by atoms with E-state index in [0.29, 0.717) is 13.2 Å². The SMILES string of the molecule is Cc1cc(Br)cc(C)c1OCCOCC[NH+](C)Cc1ccccc1. The Hall–Kier alpha value is -1.36. The molecule has 2 aromatic carbocycles. The molecule has 0 bridgehead atoms. The minimum absolute atomic E-state index is 0.584. The van der Waals surface area contributed by atoms with Crippen LogP contribution in [0.2, 0.25) is 0 Å². The molecule has 0 aliphatic rings. The molecule has 0 fully saturated rings. The van der Waals surface area contributed by atoms with Crippen LogP contribution in [0.5, 0.6) is 5.75 Å². The second-order valence-corrected chi connectivity index (χ2v) is 7.11. The van der Waals surface area contributed by atoms with E-state index in [-0.39, 0.29) is 0 Å². The maximum atomic E-state index is 5.87. The maximum Gasteiger partial charge on any atom is 0.125 e. The number of likely N-dealkylation sites (N-methyl/N-ethyl adjacent to an activating group) is 1. The summed E-state index contributed by atoms with van der Waals surface area (Å²) in [7, 11) is 2.20. The van der Waals surface area contributed by atoms with Gasteiger partial charge in [-0.2, -0.15) is 0 Å². The van der Waals surface area contributed by atoms with E-state index in [1.807, 2.05) is 0 Å². The van der Waals surface area contributed by atoms with Crippen LogP contribution in [-0.2, 0) is 11.3 Å². The number of benzene rings is 2. The van der Waals surface area contributed by atoms with Crippen LogP contribution in [-0.4, -0.2) is 33.4 Å². The molecule has 3 nitrogen and oxygen atoms in total. The lowest BCUT2D eigenvalue weighted by atomic mass is 10.1. The monoisotopic (exact) mass is 392 g/mol. The van der Waals surface area contributed by atoms with Crippen molar-refractivity contribution in [1.29, 1.82) is 0 Å². The van der Waals surface area contributed by atoms with Gasteiger partial charge in [0, 0.05) is 10.0 Å². The number of nitrogens with one attached hydrogen (secondary N) is 1. The van der Waals surface area contributed by atoms with Crippen LogP contribution in [0, 0.1) is 13.8 Å². The molecule has 1 N–H and O–H groups in total. The summed E-state index contributed by atoms with van der Waals surface area (Å²) in [4.78, 5) is 1.45. The Balaban J connectivity index is 1.62. The Kier molecular flexibility index (Phi) is 7.76. The quantitative estimate of drug-likeness (QED) is 0.662. The standard InChI is InChI=1S/C20H26BrNO2/c1-16-13-19(21)14-17(2)20(16)24-12-11-23-10-9-22(3)15-18-7-5-4-6-8-18/h4-8,13-14H,9-12,15H2,1-3H3/p+1. The number of hydrogen-bond donors (Lipinski definition) is 1. The molecular formula is C20H27BrNO2+. The van der Waals surface area contributed by atoms with Crippen molar-refractivity contribution in [2.45, 2.75) is 20.4 Å². The molecule has 0 saturated heterocycles. The largest absolute Gasteiger partial charge is 0.491 e. The first kappa shape index (κ1) is 19.0. The number of aryl methyl sites for hydroxylation is 2. The van der Waals surface area contributed by atoms with Crippen LogP contribution in [0.3, 0.4) is 0 Å². The van der Waals surface area contributed by atoms with Crippen LogP contribution in [0.15, 0.2) is 46.9 Å². The summed E-state index contributed by atoms with van der Waals surface area (Å²) in [6, 6.07) is 14.7. The molecule has 0 saturated carbocycles. The van der Waals surface area contributed by atoms with Gasteiger partial charge in [-0.05, 0) is 37.1 Å². The molecular weight excluding hydrogens is 366 g/mol. The molecule has 24 heavy (non-hydrogen) atoms. The summed E-state index contributed by atoms with van der Waals surface area (Å²) >= 11 is 3.50. The molecule has 0 aliphatic carbocycles. The van der Waals surface area contributed by atoms with E-state index in [1.54, 1.807) is 0 Å². The summed E-state index contributed by atoms with van der Waals surface area (Å²) < 4.78 is 12.7. The molecule has 130 valence electrons. The van der Waals surface area contributed by atoms with E-state index in [0.717, 1.165) is 41.0 Å². The van der Waals surface area contributed by atoms with Gasteiger partial charge in [-0.1, -0.05) is 46.3 Å². The number of quaternary nitrogens is 1. The van der Waals surface area contributed by atoms with Crippen LogP contribution >= 0.6 is 15.9 Å². The molecule has 1 atom stereocenters. The zero-order chi connectivity index (χ0) is 17.4. The Morgan fingerprint density at radius 2 is 1.62 bits per heavy atom. The van der Waals surface area contributed by atoms with Crippen molar-refractivity contribution in [2.75, 3.05) is 33.4 Å². The molecule has 0 amide bonds. The number of rotatable bonds is 9. The Bertz CT molecular complexity index is 608. The second-order valence-electron chi connectivity index (χ2n) is 6.20. The molecule has 2 rings (SSSR count). The summed E-state index contributed by atoms with van der Waals surface area (Å²) in [5.74, 6) is 0.966. The molecule has 2 aromatic rings. The summed E-state index contributed by atoms with van der Waals surface area (Å²) in [5.41, 5.74) is 3.65. The van der Waals surface area contributed by atoms with Gasteiger partial charge < -0.3 is 14.4 Å². The number of halogens is 1. The normalized spacial score (nSPS) is 12.2. The van der Waals surface area contributed by atoms with Crippen molar-refractivity contribution in [3.63, 3.8) is 0 Å². The molecule has 0 heterocycles. The van der Waals surface area contributed by atoms with Crippen LogP contribution < -0.4 is 9.64 Å². The van der Waals surface area contributed by atoms with E-state index in [1.165, 1.54) is 10.5 Å². The average Bonchev–Trinajstić information content (AvgIpc) is 2.53. The summed E-state index contributed by atoms with van der Waals surface area (Å²) in [5, 5.41) is 0. The summed E-state index contributed by atoms with van der Waals surface area (Å²) in [6.45, 7) is 8.10. The minimum Gasteiger partial charge on any atom is -0.491 e. The second kappa shape index (κ2) is 9.82. The number of hydrogen-bond acceptors (Lipinski definition) is 2. The zero-order valence-corrected chi connectivity index (χ0v) is 16.4. The summed E-state index contributed by atoms with van der Waals surface area (Å²) in [6.07, 6.45) is 0. The first-order valence-corrected chi connectivity index (χ1v) is 9.18. The van der Waals surface area contributed by atoms with E-state index in [4.69, 9.17) is 9.47 Å². The first-order chi connectivity index (χ1) is 11.6. The Morgan fingerprint density at radius 1 is 0.958 bits per heavy atom. The van der Waals surface area contributed by atoms with Gasteiger partial charge in [-0.15, -0.1) is 0 Å². The van der Waals surface area contributed by atoms with E-state index >= 15 is 0 Å². The first-order valence-electron chi connectivity index (χ1n) is 8.39. The van der Waals surface area contributed by atoms with Crippen molar-refractivity contribution in [2.24, 2.45) is 0 Å². The van der Waals surface area contributed by atoms with Crippen molar-refractivity contribution >= 4 is 15.9 Å². The van der Waals surface area contributed by atoms with E-state index < -0.39 is 0 Å². The molecule has 4 heteroatoms. The van der Waals surface area contributed by atoms with Gasteiger partial charge in [-0.25, -0.2) is 0 Å². The van der Waals surface area contributed by atoms with Crippen molar-refractivity contribution in [1.82, 2.24) is 0 Å². The highest BCUT2D eigenvalue weighted by Gasteiger charge is 2.06. The molecule has 0 spiro atoms. The van der Waals surface area contributed by atoms with Gasteiger partial charge in [0.05, 0.1) is 20.3 Å². The van der Waals surface area contributed by atoms with Gasteiger partial charge in [0.1, 0.15) is 25.4 Å². The molecule has 1 unspecified atom stereocenters. The molecule has 0 radical (unpaired) electrons. The van der Waals surface area contributed by atoms with Crippen LogP contribution in [0.1, 0.15) is 16.7 Å². The van der Waals surface area contributed by atoms with Crippen molar-refractivity contribution in [3.05, 3.63) is 63.6 Å². The maximum absolute atomic E-state index is 5.87. The third kappa shape index (κ3) is 6.27. The van der Waals surface area contributed by atoms with Gasteiger partial charge >= 0.3 is 0 Å². The lowest BCUT2D eigenvalue weighted by molar-refractivity contribution is -0.894. The molecule has 0 aliphatic heterocycles. The van der Waals surface area contributed by atoms with E-state index in [2.05, 4.69) is 79.3 Å². The highest BCUT2D eigenvalue weighted by atomic mass is 79.9. The average molecular weight is 393 g/mol. The van der Waals surface area contributed by atoms with Gasteiger partial charge in [0.2, 0.25) is 0 Å². The predicted molar refractivity (Wildman–Crippen MR) is 102 cm³/mol. The smallest absolute Gasteiger partial charge is 0.125 e. The fourth-order valence-electron chi connectivity index (χ4n) is 2.71. The fraction of sp³-hybridized carbons (Fsp3) is 0.400. The third-order valence-corrected chi connectivity index (χ3v) is 4.38. The lowest BCUT2D eigenvalue weighted by Crippen LogP contribution is -3.08. The van der Waals surface area contributed by atoms with Crippen LogP contribution in [0.4, 0.5) is 0 Å². The highest BCUT2D eigenvalue weighted by molar-refractivity contribution is 9.10. The Labute approximate surface area is 153 Å². The molecule has 0 aromatic heterocycles. The predicted octanol–water partition coefficient (Wildman–Crippen LogP) is 3.18. The van der Waals surface area contributed by atoms with E-state index in [9.17, 15) is 0 Å². The fourth-order valence-corrected chi connectivity index (χ4v) is 3.40. The highest BCUT2D eigenvalue weighted by Crippen LogP contribution is 2.27. The van der Waals surface area contributed by atoms with Gasteiger partial charge in [0.25, 0.3) is 0 Å². The van der Waals surface area contributed by atoms with Gasteiger partial charge in [-0.3, -0.25) is 0 Å². The number of ether oxygens (including phenoxy) is 2. The Morgan fingerprint density at radius 3 is 2.29 bits per heavy atom. The minimum atomic E-state index is 0.584. The lowest BCUT2D eigenvalue weighted by Gasteiger charge is -2.15. The topological polar surface area (TPSA) is 22.9 Å².